The van der Waals surface area contributed by atoms with Gasteiger partial charge in [0.2, 0.25) is 0 Å². The van der Waals surface area contributed by atoms with Gasteiger partial charge in [-0.2, -0.15) is 0 Å². The molecule has 4 aromatic carbocycles. The lowest BCUT2D eigenvalue weighted by Gasteiger charge is -2.27. The summed E-state index contributed by atoms with van der Waals surface area (Å²) in [6.07, 6.45) is 0. The fourth-order valence-corrected chi connectivity index (χ4v) is 8.69. The Morgan fingerprint density at radius 2 is 1.17 bits per heavy atom. The highest BCUT2D eigenvalue weighted by molar-refractivity contribution is 7.87. The van der Waals surface area contributed by atoms with Crippen LogP contribution >= 0.6 is 7.05 Å². The quantitative estimate of drug-likeness (QED) is 0.272. The number of hydrogen-bond donors (Lipinski definition) is 1. The first kappa shape index (κ1) is 27.2. The average molecular weight is 572 g/mol. The van der Waals surface area contributed by atoms with Crippen molar-refractivity contribution < 1.29 is 0 Å². The summed E-state index contributed by atoms with van der Waals surface area (Å²) in [6.45, 7) is 0.488. The lowest BCUT2D eigenvalue weighted by molar-refractivity contribution is 0.708. The Balaban J connectivity index is 1.70. The van der Waals surface area contributed by atoms with Gasteiger partial charge in [0.05, 0.1) is 12.7 Å². The van der Waals surface area contributed by atoms with E-state index in [1.807, 2.05) is 91.0 Å². The molecule has 0 fully saturated rings. The molecule has 208 valence electrons. The summed E-state index contributed by atoms with van der Waals surface area (Å²) in [5.41, 5.74) is 1.07. The van der Waals surface area contributed by atoms with E-state index in [1.54, 1.807) is 7.05 Å². The highest BCUT2D eigenvalue weighted by atomic mass is 31.2. The van der Waals surface area contributed by atoms with Crippen LogP contribution in [-0.2, 0) is 20.6 Å². The van der Waals surface area contributed by atoms with Crippen molar-refractivity contribution in [1.82, 2.24) is 14.1 Å². The Bertz CT molecular complexity index is 1940. The fourth-order valence-electron chi connectivity index (χ4n) is 5.23. The van der Waals surface area contributed by atoms with Gasteiger partial charge in [0.25, 0.3) is 5.56 Å². The highest BCUT2D eigenvalue weighted by Crippen LogP contribution is 2.49. The number of pyridine rings is 1. The van der Waals surface area contributed by atoms with E-state index in [-0.39, 0.29) is 5.65 Å². The molecule has 7 nitrogen and oxygen atoms in total. The second-order valence-corrected chi connectivity index (χ2v) is 13.0. The maximum Gasteiger partial charge on any atom is 0.332 e. The Kier molecular flexibility index (Phi) is 7.43. The largest absolute Gasteiger partial charge is 0.380 e. The van der Waals surface area contributed by atoms with Crippen LogP contribution in [0.1, 0.15) is 5.56 Å². The van der Waals surface area contributed by atoms with E-state index in [4.69, 9.17) is 9.73 Å². The third-order valence-corrected chi connectivity index (χ3v) is 11.0. The molecular weight excluding hydrogens is 541 g/mol. The van der Waals surface area contributed by atoms with Crippen LogP contribution in [0, 0.1) is 0 Å². The molecule has 0 saturated heterocycles. The van der Waals surface area contributed by atoms with Crippen LogP contribution in [-0.4, -0.2) is 14.1 Å². The molecule has 0 unspecified atom stereocenters. The summed E-state index contributed by atoms with van der Waals surface area (Å²) in [7, 11) is 0.487. The normalized spacial score (nSPS) is 11.4. The van der Waals surface area contributed by atoms with Gasteiger partial charge in [0.1, 0.15) is 5.39 Å². The summed E-state index contributed by atoms with van der Waals surface area (Å²) in [5, 5.41) is 7.00. The highest BCUT2D eigenvalue weighted by Gasteiger charge is 2.28. The summed E-state index contributed by atoms with van der Waals surface area (Å²) in [6, 6.07) is 42.6. The van der Waals surface area contributed by atoms with E-state index in [1.165, 1.54) is 11.6 Å². The minimum atomic E-state index is -2.63. The van der Waals surface area contributed by atoms with Crippen LogP contribution < -0.4 is 32.5 Å². The van der Waals surface area contributed by atoms with Crippen molar-refractivity contribution >= 4 is 45.5 Å². The third kappa shape index (κ3) is 4.89. The average Bonchev–Trinajstić information content (AvgIpc) is 3.05. The summed E-state index contributed by atoms with van der Waals surface area (Å²) in [5.74, 6) is 0.436. The van der Waals surface area contributed by atoms with E-state index < -0.39 is 18.3 Å². The smallest absolute Gasteiger partial charge is 0.332 e. The first-order chi connectivity index (χ1) is 20.5. The molecule has 0 spiro atoms. The van der Waals surface area contributed by atoms with Gasteiger partial charge in [0.15, 0.2) is 11.5 Å². The van der Waals surface area contributed by atoms with Gasteiger partial charge in [-0.1, -0.05) is 121 Å². The van der Waals surface area contributed by atoms with Crippen molar-refractivity contribution in [3.05, 3.63) is 154 Å². The van der Waals surface area contributed by atoms with Crippen molar-refractivity contribution in [2.75, 3.05) is 5.32 Å². The molecule has 0 atom stereocenters. The van der Waals surface area contributed by atoms with Crippen LogP contribution in [0.4, 0.5) is 11.5 Å². The fraction of sp³-hybridized carbons (Fsp3) is 0.0882. The lowest BCUT2D eigenvalue weighted by Crippen LogP contribution is -2.37. The molecular formula is C34H30N5O2P. The lowest BCUT2D eigenvalue weighted by atomic mass is 10.2. The molecule has 2 heterocycles. The molecule has 1 N–H and O–H groups in total. The number of nitrogens with one attached hydrogen (secondary N) is 1. The first-order valence-corrected chi connectivity index (χ1v) is 15.4. The number of anilines is 1. The molecule has 0 aliphatic heterocycles. The van der Waals surface area contributed by atoms with Crippen molar-refractivity contribution in [3.63, 3.8) is 0 Å². The summed E-state index contributed by atoms with van der Waals surface area (Å²) in [4.78, 5) is 31.3. The molecule has 0 aliphatic carbocycles. The van der Waals surface area contributed by atoms with E-state index >= 15 is 0 Å². The van der Waals surface area contributed by atoms with Gasteiger partial charge in [-0.15, -0.1) is 0 Å². The Hall–Kier alpha value is -5.00. The standard InChI is InChI=1S/C34H30N5O2P/c1-38-32-31(33(40)39(2)34(38)41)29(35-24-25-15-7-3-8-16-25)23-30(36-32)37-42(26-17-9-4-10-18-26,27-19-11-5-12-20-27)28-21-13-6-14-22-28/h3-23H,24H2,1-2H3,(H,35,36). The predicted octanol–water partition coefficient (Wildman–Crippen LogP) is 5.05. The van der Waals surface area contributed by atoms with Crippen molar-refractivity contribution in [2.45, 2.75) is 6.54 Å². The monoisotopic (exact) mass is 571 g/mol. The number of aryl methyl sites for hydroxylation is 1. The van der Waals surface area contributed by atoms with Gasteiger partial charge in [-0.3, -0.25) is 13.9 Å². The maximum absolute atomic E-state index is 13.4. The molecule has 8 heteroatoms. The molecule has 42 heavy (non-hydrogen) atoms. The molecule has 0 saturated carbocycles. The van der Waals surface area contributed by atoms with Gasteiger partial charge in [-0.25, -0.2) is 14.5 Å². The molecule has 0 radical (unpaired) electrons. The Morgan fingerprint density at radius 1 is 0.690 bits per heavy atom. The maximum atomic E-state index is 13.4. The topological polar surface area (TPSA) is 81.3 Å². The SMILES string of the molecule is Cn1c(=O)c2c(NCc3ccccc3)cc(N=P(c3ccccc3)(c3ccccc3)c3ccccc3)nc2n(C)c1=O. The molecule has 6 rings (SSSR count). The molecule has 0 aliphatic rings. The van der Waals surface area contributed by atoms with Gasteiger partial charge >= 0.3 is 5.69 Å². The van der Waals surface area contributed by atoms with E-state index in [0.29, 0.717) is 23.4 Å². The summed E-state index contributed by atoms with van der Waals surface area (Å²) < 4.78 is 8.05. The third-order valence-electron chi connectivity index (χ3n) is 7.36. The van der Waals surface area contributed by atoms with Crippen LogP contribution in [0.5, 0.6) is 0 Å². The summed E-state index contributed by atoms with van der Waals surface area (Å²) >= 11 is 0. The number of nitrogens with zero attached hydrogens (tertiary/aromatic N) is 4. The number of aromatic nitrogens is 3. The van der Waals surface area contributed by atoms with Crippen molar-refractivity contribution in [2.24, 2.45) is 18.8 Å². The van der Waals surface area contributed by atoms with Crippen molar-refractivity contribution in [3.8, 4) is 0 Å². The second kappa shape index (κ2) is 11.5. The molecule has 0 amide bonds. The molecule has 0 bridgehead atoms. The zero-order valence-electron chi connectivity index (χ0n) is 23.4. The van der Waals surface area contributed by atoms with Gasteiger partial charge in [0, 0.05) is 42.6 Å². The van der Waals surface area contributed by atoms with E-state index in [9.17, 15) is 9.59 Å². The van der Waals surface area contributed by atoms with Gasteiger partial charge < -0.3 is 5.32 Å². The Morgan fingerprint density at radius 3 is 1.67 bits per heavy atom. The number of benzene rings is 4. The Labute approximate surface area is 243 Å². The predicted molar refractivity (Wildman–Crippen MR) is 173 cm³/mol. The first-order valence-electron chi connectivity index (χ1n) is 13.7. The van der Waals surface area contributed by atoms with E-state index in [0.717, 1.165) is 26.0 Å². The number of fused-ring (bicyclic) bond motifs is 1. The second-order valence-electron chi connectivity index (χ2n) is 10.0. The van der Waals surface area contributed by atoms with E-state index in [2.05, 4.69) is 41.7 Å². The zero-order chi connectivity index (χ0) is 29.1. The van der Waals surface area contributed by atoms with Crippen LogP contribution in [0.15, 0.2) is 142 Å². The number of hydrogen-bond acceptors (Lipinski definition) is 5. The van der Waals surface area contributed by atoms with Crippen LogP contribution in [0.25, 0.3) is 11.0 Å². The van der Waals surface area contributed by atoms with Crippen molar-refractivity contribution in [1.29, 1.82) is 0 Å². The zero-order valence-corrected chi connectivity index (χ0v) is 24.3. The molecule has 6 aromatic rings. The molecule has 2 aromatic heterocycles. The van der Waals surface area contributed by atoms with Gasteiger partial charge in [-0.05, 0) is 5.56 Å². The van der Waals surface area contributed by atoms with Crippen LogP contribution in [0.2, 0.25) is 0 Å². The minimum absolute atomic E-state index is 0.284. The van der Waals surface area contributed by atoms with Crippen LogP contribution in [0.3, 0.4) is 0 Å². The number of rotatable bonds is 7. The minimum Gasteiger partial charge on any atom is -0.380 e.